The molecule has 0 spiro atoms. The zero-order valence-electron chi connectivity index (χ0n) is 16.1. The molecular weight excluding hydrogens is 334 g/mol. The maximum absolute atomic E-state index is 12.5. The first kappa shape index (κ1) is 19.6. The van der Waals surface area contributed by atoms with Gasteiger partial charge in [-0.2, -0.15) is 0 Å². The van der Waals surface area contributed by atoms with Gasteiger partial charge in [0, 0.05) is 39.1 Å². The van der Waals surface area contributed by atoms with Crippen LogP contribution in [-0.2, 0) is 11.2 Å². The number of carbonyl (C=O) groups excluding carboxylic acids is 1. The minimum Gasteiger partial charge on any atom is -0.356 e. The van der Waals surface area contributed by atoms with Crippen molar-refractivity contribution in [2.75, 3.05) is 39.3 Å². The third-order valence-corrected chi connectivity index (χ3v) is 5.21. The Labute approximate surface area is 163 Å². The van der Waals surface area contributed by atoms with Crippen molar-refractivity contribution in [1.29, 1.82) is 0 Å². The molecule has 27 heavy (non-hydrogen) atoms. The van der Waals surface area contributed by atoms with Crippen LogP contribution in [0.2, 0.25) is 0 Å². The van der Waals surface area contributed by atoms with Crippen LogP contribution >= 0.6 is 0 Å². The molecule has 1 amide bonds. The molecule has 1 atom stereocenters. The van der Waals surface area contributed by atoms with Crippen LogP contribution in [0.1, 0.15) is 29.9 Å². The number of carbonyl (C=O) groups is 1. The van der Waals surface area contributed by atoms with Crippen molar-refractivity contribution in [1.82, 2.24) is 15.5 Å². The zero-order valence-corrected chi connectivity index (χ0v) is 16.1. The second-order valence-corrected chi connectivity index (χ2v) is 7.30. The van der Waals surface area contributed by atoms with E-state index in [0.29, 0.717) is 6.42 Å². The summed E-state index contributed by atoms with van der Waals surface area (Å²) in [6.07, 6.45) is 2.44. The molecule has 0 aromatic heterocycles. The Hall–Kier alpha value is -2.17. The van der Waals surface area contributed by atoms with Gasteiger partial charge in [-0.25, -0.2) is 0 Å². The van der Waals surface area contributed by atoms with Crippen LogP contribution in [0.4, 0.5) is 0 Å². The van der Waals surface area contributed by atoms with Crippen LogP contribution in [0.15, 0.2) is 60.7 Å². The Morgan fingerprint density at radius 1 is 1.00 bits per heavy atom. The lowest BCUT2D eigenvalue weighted by atomic mass is 9.89. The minimum atomic E-state index is 0.153. The molecular formula is C23H31N3O. The third kappa shape index (κ3) is 6.81. The predicted molar refractivity (Wildman–Crippen MR) is 111 cm³/mol. The molecule has 1 saturated heterocycles. The van der Waals surface area contributed by atoms with Gasteiger partial charge in [-0.05, 0) is 36.4 Å². The number of piperazine rings is 1. The molecule has 2 aromatic rings. The van der Waals surface area contributed by atoms with E-state index in [2.05, 4.69) is 64.1 Å². The van der Waals surface area contributed by atoms with Gasteiger partial charge in [0.05, 0.1) is 0 Å². The molecule has 1 heterocycles. The zero-order chi connectivity index (χ0) is 18.7. The summed E-state index contributed by atoms with van der Waals surface area (Å²) in [5.41, 5.74) is 2.51. The lowest BCUT2D eigenvalue weighted by Crippen LogP contribution is -2.44. The van der Waals surface area contributed by atoms with Gasteiger partial charge in [0.1, 0.15) is 0 Å². The lowest BCUT2D eigenvalue weighted by Gasteiger charge is -2.27. The Morgan fingerprint density at radius 2 is 1.67 bits per heavy atom. The van der Waals surface area contributed by atoms with Crippen LogP contribution in [0.3, 0.4) is 0 Å². The Morgan fingerprint density at radius 3 is 2.37 bits per heavy atom. The first-order valence-electron chi connectivity index (χ1n) is 10.1. The highest BCUT2D eigenvalue weighted by Gasteiger charge is 2.17. The first-order valence-corrected chi connectivity index (χ1v) is 10.1. The summed E-state index contributed by atoms with van der Waals surface area (Å²) < 4.78 is 0. The molecule has 0 saturated carbocycles. The van der Waals surface area contributed by atoms with Gasteiger partial charge >= 0.3 is 0 Å². The van der Waals surface area contributed by atoms with Crippen molar-refractivity contribution in [3.05, 3.63) is 71.8 Å². The van der Waals surface area contributed by atoms with Gasteiger partial charge in [-0.15, -0.1) is 0 Å². The molecule has 0 radical (unpaired) electrons. The van der Waals surface area contributed by atoms with E-state index in [9.17, 15) is 4.79 Å². The van der Waals surface area contributed by atoms with Crippen molar-refractivity contribution in [3.63, 3.8) is 0 Å². The van der Waals surface area contributed by atoms with Crippen molar-refractivity contribution in [3.8, 4) is 0 Å². The van der Waals surface area contributed by atoms with Crippen LogP contribution in [0, 0.1) is 0 Å². The number of nitrogens with zero attached hydrogens (tertiary/aromatic N) is 1. The largest absolute Gasteiger partial charge is 0.356 e. The Kier molecular flexibility index (Phi) is 7.87. The van der Waals surface area contributed by atoms with E-state index >= 15 is 0 Å². The molecule has 1 fully saturated rings. The predicted octanol–water partition coefficient (Wildman–Crippen LogP) is 2.81. The van der Waals surface area contributed by atoms with Crippen LogP contribution in [-0.4, -0.2) is 50.1 Å². The Balaban J connectivity index is 1.48. The molecule has 0 aliphatic carbocycles. The molecule has 144 valence electrons. The lowest BCUT2D eigenvalue weighted by molar-refractivity contribution is -0.121. The molecule has 2 aromatic carbocycles. The molecule has 0 bridgehead atoms. The van der Waals surface area contributed by atoms with E-state index in [1.807, 2.05) is 12.1 Å². The maximum Gasteiger partial charge on any atom is 0.220 e. The molecule has 2 N–H and O–H groups in total. The summed E-state index contributed by atoms with van der Waals surface area (Å²) in [5.74, 6) is 0.363. The highest BCUT2D eigenvalue weighted by molar-refractivity contribution is 5.76. The van der Waals surface area contributed by atoms with Gasteiger partial charge < -0.3 is 15.5 Å². The Bertz CT molecular complexity index is 669. The topological polar surface area (TPSA) is 44.4 Å². The molecule has 3 rings (SSSR count). The average molecular weight is 366 g/mol. The summed E-state index contributed by atoms with van der Waals surface area (Å²) in [6, 6.07) is 20.8. The highest BCUT2D eigenvalue weighted by atomic mass is 16.1. The van der Waals surface area contributed by atoms with Crippen molar-refractivity contribution in [2.24, 2.45) is 0 Å². The number of nitrogens with one attached hydrogen (secondary N) is 2. The average Bonchev–Trinajstić information content (AvgIpc) is 2.73. The molecule has 4 nitrogen and oxygen atoms in total. The number of hydrogen-bond donors (Lipinski definition) is 2. The molecule has 4 heteroatoms. The van der Waals surface area contributed by atoms with Gasteiger partial charge in [0.25, 0.3) is 0 Å². The molecule has 1 unspecified atom stereocenters. The fourth-order valence-electron chi connectivity index (χ4n) is 3.69. The van der Waals surface area contributed by atoms with Gasteiger partial charge in [-0.3, -0.25) is 4.79 Å². The number of amides is 1. The monoisotopic (exact) mass is 365 g/mol. The van der Waals surface area contributed by atoms with Gasteiger partial charge in [0.2, 0.25) is 5.91 Å². The van der Waals surface area contributed by atoms with Crippen molar-refractivity contribution in [2.45, 2.75) is 25.2 Å². The van der Waals surface area contributed by atoms with E-state index < -0.39 is 0 Å². The smallest absolute Gasteiger partial charge is 0.220 e. The van der Waals surface area contributed by atoms with E-state index in [1.54, 1.807) is 0 Å². The fraction of sp³-hybridized carbons (Fsp3) is 0.435. The number of hydrogen-bond acceptors (Lipinski definition) is 3. The quantitative estimate of drug-likeness (QED) is 0.672. The number of rotatable bonds is 9. The van der Waals surface area contributed by atoms with E-state index in [-0.39, 0.29) is 11.8 Å². The number of benzene rings is 2. The van der Waals surface area contributed by atoms with Crippen molar-refractivity contribution >= 4 is 5.91 Å². The van der Waals surface area contributed by atoms with Crippen LogP contribution in [0.5, 0.6) is 0 Å². The summed E-state index contributed by atoms with van der Waals surface area (Å²) in [4.78, 5) is 15.0. The summed E-state index contributed by atoms with van der Waals surface area (Å²) in [7, 11) is 0. The summed E-state index contributed by atoms with van der Waals surface area (Å²) in [6.45, 7) is 6.20. The maximum atomic E-state index is 12.5. The van der Waals surface area contributed by atoms with Crippen LogP contribution < -0.4 is 10.6 Å². The van der Waals surface area contributed by atoms with Gasteiger partial charge in [0.15, 0.2) is 0 Å². The summed E-state index contributed by atoms with van der Waals surface area (Å²) >= 11 is 0. The second kappa shape index (κ2) is 10.9. The van der Waals surface area contributed by atoms with E-state index in [0.717, 1.165) is 52.1 Å². The third-order valence-electron chi connectivity index (χ3n) is 5.21. The van der Waals surface area contributed by atoms with E-state index in [1.165, 1.54) is 11.1 Å². The van der Waals surface area contributed by atoms with Crippen molar-refractivity contribution < 1.29 is 4.79 Å². The fourth-order valence-corrected chi connectivity index (χ4v) is 3.69. The molecule has 1 aliphatic rings. The summed E-state index contributed by atoms with van der Waals surface area (Å²) in [5, 5.41) is 6.50. The normalized spacial score (nSPS) is 16.0. The van der Waals surface area contributed by atoms with E-state index in [4.69, 9.17) is 0 Å². The van der Waals surface area contributed by atoms with Gasteiger partial charge in [-0.1, -0.05) is 60.7 Å². The highest BCUT2D eigenvalue weighted by Crippen LogP contribution is 2.24. The second-order valence-electron chi connectivity index (χ2n) is 7.30. The minimum absolute atomic E-state index is 0.153. The van der Waals surface area contributed by atoms with Crippen LogP contribution in [0.25, 0.3) is 0 Å². The standard InChI is InChI=1S/C23H31N3O/c27-23(25-12-7-15-26-16-13-24-14-17-26)19-22(21-10-5-2-6-11-21)18-20-8-3-1-4-9-20/h1-6,8-11,22,24H,7,12-19H2,(H,25,27). The first-order chi connectivity index (χ1) is 13.3. The molecule has 1 aliphatic heterocycles. The SMILES string of the molecule is O=C(CC(Cc1ccccc1)c1ccccc1)NCCCN1CCNCC1.